The van der Waals surface area contributed by atoms with Crippen LogP contribution >= 0.6 is 0 Å². The van der Waals surface area contributed by atoms with E-state index in [0.29, 0.717) is 36.3 Å². The van der Waals surface area contributed by atoms with E-state index < -0.39 is 0 Å². The summed E-state index contributed by atoms with van der Waals surface area (Å²) in [4.78, 5) is 11.8. The van der Waals surface area contributed by atoms with Crippen LogP contribution in [-0.4, -0.2) is 45.4 Å². The first-order valence-electron chi connectivity index (χ1n) is 14.2. The number of benzene rings is 4. The SMILES string of the molecule is COC(=O)c1ccc2cc(CN[C@@H]3CNCC[C@@H]3c3ccc(OCCCOCc4ccccc4F)cc3)ccc2c1. The van der Waals surface area contributed by atoms with Crippen molar-refractivity contribution >= 4 is 16.7 Å². The summed E-state index contributed by atoms with van der Waals surface area (Å²) in [7, 11) is 1.40. The van der Waals surface area contributed by atoms with E-state index in [9.17, 15) is 9.18 Å². The third-order valence-electron chi connectivity index (χ3n) is 7.60. The van der Waals surface area contributed by atoms with Crippen LogP contribution in [-0.2, 0) is 22.6 Å². The number of carbonyl (C=O) groups is 1. The van der Waals surface area contributed by atoms with Gasteiger partial charge in [0.15, 0.2) is 0 Å². The second kappa shape index (κ2) is 14.2. The van der Waals surface area contributed by atoms with E-state index in [4.69, 9.17) is 14.2 Å². The van der Waals surface area contributed by atoms with E-state index in [1.54, 1.807) is 12.1 Å². The Hall–Kier alpha value is -3.78. The molecular formula is C34H37FN2O4. The van der Waals surface area contributed by atoms with E-state index in [2.05, 4.69) is 41.0 Å². The molecule has 4 aromatic carbocycles. The predicted molar refractivity (Wildman–Crippen MR) is 159 cm³/mol. The van der Waals surface area contributed by atoms with Crippen LogP contribution in [0.1, 0.15) is 45.8 Å². The molecule has 4 aromatic rings. The van der Waals surface area contributed by atoms with E-state index >= 15 is 0 Å². The van der Waals surface area contributed by atoms with Crippen LogP contribution in [0.5, 0.6) is 5.75 Å². The minimum atomic E-state index is -0.323. The summed E-state index contributed by atoms with van der Waals surface area (Å²) in [5.74, 6) is 0.685. The molecule has 7 heteroatoms. The Morgan fingerprint density at radius 1 is 0.976 bits per heavy atom. The van der Waals surface area contributed by atoms with Gasteiger partial charge in [-0.15, -0.1) is 0 Å². The number of esters is 1. The van der Waals surface area contributed by atoms with Crippen molar-refractivity contribution in [2.45, 2.75) is 38.0 Å². The molecule has 6 nitrogen and oxygen atoms in total. The van der Waals surface area contributed by atoms with Crippen molar-refractivity contribution in [3.05, 3.63) is 113 Å². The first kappa shape index (κ1) is 28.7. The second-order valence-corrected chi connectivity index (χ2v) is 10.4. The average Bonchev–Trinajstić information content (AvgIpc) is 3.02. The summed E-state index contributed by atoms with van der Waals surface area (Å²) in [5, 5.41) is 9.42. The van der Waals surface area contributed by atoms with Gasteiger partial charge < -0.3 is 24.8 Å². The zero-order valence-electron chi connectivity index (χ0n) is 23.4. The maximum absolute atomic E-state index is 13.7. The highest BCUT2D eigenvalue weighted by Gasteiger charge is 2.26. The van der Waals surface area contributed by atoms with Gasteiger partial charge in [-0.25, -0.2) is 9.18 Å². The van der Waals surface area contributed by atoms with Gasteiger partial charge in [-0.05, 0) is 71.3 Å². The molecule has 214 valence electrons. The highest BCUT2D eigenvalue weighted by Crippen LogP contribution is 2.28. The Balaban J connectivity index is 1.10. The van der Waals surface area contributed by atoms with Crippen LogP contribution in [0.3, 0.4) is 0 Å². The molecule has 2 N–H and O–H groups in total. The van der Waals surface area contributed by atoms with Crippen molar-refractivity contribution in [3.8, 4) is 5.75 Å². The number of fused-ring (bicyclic) bond motifs is 1. The fourth-order valence-electron chi connectivity index (χ4n) is 5.33. The molecule has 1 saturated heterocycles. The van der Waals surface area contributed by atoms with Crippen molar-refractivity contribution in [2.24, 2.45) is 0 Å². The van der Waals surface area contributed by atoms with Crippen LogP contribution in [0.15, 0.2) is 84.9 Å². The molecule has 0 radical (unpaired) electrons. The van der Waals surface area contributed by atoms with Gasteiger partial charge in [-0.1, -0.05) is 48.5 Å². The van der Waals surface area contributed by atoms with Crippen molar-refractivity contribution in [1.82, 2.24) is 10.6 Å². The predicted octanol–water partition coefficient (Wildman–Crippen LogP) is 5.99. The summed E-state index contributed by atoms with van der Waals surface area (Å²) < 4.78 is 30.0. The van der Waals surface area contributed by atoms with Crippen LogP contribution in [0.25, 0.3) is 10.8 Å². The molecule has 0 aromatic heterocycles. The molecule has 5 rings (SSSR count). The normalized spacial score (nSPS) is 16.9. The number of piperidine rings is 1. The molecule has 1 fully saturated rings. The number of carbonyl (C=O) groups excluding carboxylic acids is 1. The fraction of sp³-hybridized carbons (Fsp3) is 0.324. The summed E-state index contributed by atoms with van der Waals surface area (Å²) in [6.07, 6.45) is 1.79. The number of nitrogens with one attached hydrogen (secondary N) is 2. The van der Waals surface area contributed by atoms with Gasteiger partial charge in [0, 0.05) is 37.0 Å². The average molecular weight is 557 g/mol. The quantitative estimate of drug-likeness (QED) is 0.165. The molecule has 1 aliphatic heterocycles. The summed E-state index contributed by atoms with van der Waals surface area (Å²) in [6, 6.07) is 27.4. The first-order chi connectivity index (χ1) is 20.1. The van der Waals surface area contributed by atoms with Gasteiger partial charge in [0.1, 0.15) is 11.6 Å². The number of ether oxygens (including phenoxy) is 3. The minimum absolute atomic E-state index is 0.236. The maximum Gasteiger partial charge on any atom is 0.337 e. The number of rotatable bonds is 12. The van der Waals surface area contributed by atoms with E-state index in [1.807, 2.05) is 36.4 Å². The minimum Gasteiger partial charge on any atom is -0.494 e. The van der Waals surface area contributed by atoms with Gasteiger partial charge in [-0.3, -0.25) is 0 Å². The van der Waals surface area contributed by atoms with Crippen molar-refractivity contribution in [2.75, 3.05) is 33.4 Å². The lowest BCUT2D eigenvalue weighted by Gasteiger charge is -2.33. The first-order valence-corrected chi connectivity index (χ1v) is 14.2. The van der Waals surface area contributed by atoms with Crippen LogP contribution in [0.2, 0.25) is 0 Å². The van der Waals surface area contributed by atoms with E-state index in [0.717, 1.165) is 49.0 Å². The molecular weight excluding hydrogens is 519 g/mol. The zero-order valence-corrected chi connectivity index (χ0v) is 23.4. The van der Waals surface area contributed by atoms with Crippen LogP contribution in [0.4, 0.5) is 4.39 Å². The maximum atomic E-state index is 13.7. The molecule has 1 heterocycles. The molecule has 2 atom stereocenters. The number of hydrogen-bond acceptors (Lipinski definition) is 6. The van der Waals surface area contributed by atoms with Gasteiger partial charge >= 0.3 is 5.97 Å². The highest BCUT2D eigenvalue weighted by molar-refractivity contribution is 5.95. The molecule has 0 amide bonds. The van der Waals surface area contributed by atoms with Crippen molar-refractivity contribution in [1.29, 1.82) is 0 Å². The Morgan fingerprint density at radius 2 is 1.78 bits per heavy atom. The summed E-state index contributed by atoms with van der Waals surface area (Å²) in [6.45, 7) is 3.99. The zero-order chi connectivity index (χ0) is 28.4. The van der Waals surface area contributed by atoms with E-state index in [-0.39, 0.29) is 18.4 Å². The lowest BCUT2D eigenvalue weighted by molar-refractivity contribution is 0.0601. The Bertz CT molecular complexity index is 1440. The molecule has 41 heavy (non-hydrogen) atoms. The lowest BCUT2D eigenvalue weighted by atomic mass is 9.86. The number of halogens is 1. The topological polar surface area (TPSA) is 68.8 Å². The molecule has 0 spiro atoms. The molecule has 0 bridgehead atoms. The van der Waals surface area contributed by atoms with Gasteiger partial charge in [0.25, 0.3) is 0 Å². The van der Waals surface area contributed by atoms with E-state index in [1.165, 1.54) is 24.3 Å². The highest BCUT2D eigenvalue weighted by atomic mass is 19.1. The smallest absolute Gasteiger partial charge is 0.337 e. The molecule has 0 unspecified atom stereocenters. The van der Waals surface area contributed by atoms with Gasteiger partial charge in [0.2, 0.25) is 0 Å². The Kier molecular flexibility index (Phi) is 9.96. The van der Waals surface area contributed by atoms with Gasteiger partial charge in [-0.2, -0.15) is 0 Å². The Morgan fingerprint density at radius 3 is 2.61 bits per heavy atom. The van der Waals surface area contributed by atoms with Crippen LogP contribution in [0, 0.1) is 5.82 Å². The lowest BCUT2D eigenvalue weighted by Crippen LogP contribution is -2.47. The summed E-state index contributed by atoms with van der Waals surface area (Å²) in [5.41, 5.74) is 3.64. The van der Waals surface area contributed by atoms with Crippen molar-refractivity contribution < 1.29 is 23.4 Å². The van der Waals surface area contributed by atoms with Crippen LogP contribution < -0.4 is 15.4 Å². The number of hydrogen-bond donors (Lipinski definition) is 2. The monoisotopic (exact) mass is 556 g/mol. The Labute approximate surface area is 240 Å². The molecule has 0 aliphatic carbocycles. The fourth-order valence-corrected chi connectivity index (χ4v) is 5.33. The summed E-state index contributed by atoms with van der Waals surface area (Å²) >= 11 is 0. The second-order valence-electron chi connectivity index (χ2n) is 10.4. The van der Waals surface area contributed by atoms with Gasteiger partial charge in [0.05, 0.1) is 32.5 Å². The van der Waals surface area contributed by atoms with Crippen molar-refractivity contribution in [3.63, 3.8) is 0 Å². The number of methoxy groups -OCH3 is 1. The molecule has 0 saturated carbocycles. The standard InChI is InChI=1S/C34H37FN2O4/c1-39-34(38)28-10-9-26-19-24(7-8-27(26)20-28)21-37-33-22-36-16-15-31(33)25-11-13-30(14-12-25)41-18-4-17-40-23-29-5-2-3-6-32(29)35/h2-3,5-14,19-20,31,33,36-37H,4,15-18,21-23H2,1H3/t31-,33-/m1/s1. The third kappa shape index (κ3) is 7.70. The largest absolute Gasteiger partial charge is 0.494 e. The third-order valence-corrected chi connectivity index (χ3v) is 7.60. The molecule has 1 aliphatic rings.